The molecule has 0 amide bonds. The summed E-state index contributed by atoms with van der Waals surface area (Å²) in [5.41, 5.74) is 1.50. The number of hydrogen-bond acceptors (Lipinski definition) is 4. The van der Waals surface area contributed by atoms with Gasteiger partial charge < -0.3 is 19.1 Å². The van der Waals surface area contributed by atoms with Gasteiger partial charge in [-0.2, -0.15) is 0 Å². The van der Waals surface area contributed by atoms with E-state index in [4.69, 9.17) is 9.47 Å². The molecule has 2 aromatic rings. The lowest BCUT2D eigenvalue weighted by Gasteiger charge is -2.16. The number of benzene rings is 1. The second-order valence-electron chi connectivity index (χ2n) is 5.27. The van der Waals surface area contributed by atoms with Crippen molar-refractivity contribution in [1.82, 2.24) is 9.55 Å². The van der Waals surface area contributed by atoms with Crippen LogP contribution < -0.4 is 9.47 Å². The Morgan fingerprint density at radius 2 is 1.81 bits per heavy atom. The van der Waals surface area contributed by atoms with Crippen molar-refractivity contribution in [1.29, 1.82) is 0 Å². The van der Waals surface area contributed by atoms with E-state index in [9.17, 15) is 5.11 Å². The molecule has 1 N–H and O–H groups in total. The summed E-state index contributed by atoms with van der Waals surface area (Å²) >= 11 is 0. The molecule has 114 valence electrons. The van der Waals surface area contributed by atoms with E-state index in [1.807, 2.05) is 17.7 Å². The van der Waals surface area contributed by atoms with Gasteiger partial charge in [-0.05, 0) is 17.7 Å². The Morgan fingerprint density at radius 3 is 2.33 bits per heavy atom. The van der Waals surface area contributed by atoms with Crippen LogP contribution in [-0.4, -0.2) is 28.9 Å². The number of methoxy groups -OCH3 is 2. The number of imidazole rings is 1. The second-order valence-corrected chi connectivity index (χ2v) is 5.27. The van der Waals surface area contributed by atoms with Crippen LogP contribution in [0.15, 0.2) is 24.4 Å². The van der Waals surface area contributed by atoms with Crippen LogP contribution in [0, 0.1) is 0 Å². The predicted octanol–water partition coefficient (Wildman–Crippen LogP) is 2.64. The highest BCUT2D eigenvalue weighted by atomic mass is 16.5. The zero-order valence-electron chi connectivity index (χ0n) is 13.1. The van der Waals surface area contributed by atoms with Crippen molar-refractivity contribution in [3.05, 3.63) is 41.5 Å². The highest BCUT2D eigenvalue weighted by Gasteiger charge is 2.19. The summed E-state index contributed by atoms with van der Waals surface area (Å²) in [6, 6.07) is 5.40. The highest BCUT2D eigenvalue weighted by Crippen LogP contribution is 2.32. The molecule has 0 spiro atoms. The Kier molecular flexibility index (Phi) is 4.53. The van der Waals surface area contributed by atoms with E-state index in [0.717, 1.165) is 17.1 Å². The first-order chi connectivity index (χ1) is 9.99. The van der Waals surface area contributed by atoms with E-state index in [1.54, 1.807) is 32.5 Å². The average molecular weight is 290 g/mol. The van der Waals surface area contributed by atoms with E-state index in [-0.39, 0.29) is 0 Å². The molecule has 5 nitrogen and oxygen atoms in total. The van der Waals surface area contributed by atoms with Crippen LogP contribution in [-0.2, 0) is 7.05 Å². The van der Waals surface area contributed by atoms with Gasteiger partial charge in [0.1, 0.15) is 11.9 Å². The van der Waals surface area contributed by atoms with Crippen LogP contribution in [0.25, 0.3) is 0 Å². The summed E-state index contributed by atoms with van der Waals surface area (Å²) in [5.74, 6) is 2.49. The normalized spacial score (nSPS) is 12.5. The van der Waals surface area contributed by atoms with Crippen molar-refractivity contribution in [2.75, 3.05) is 14.2 Å². The van der Waals surface area contributed by atoms with E-state index >= 15 is 0 Å². The second kappa shape index (κ2) is 6.18. The lowest BCUT2D eigenvalue weighted by Crippen LogP contribution is -2.09. The molecule has 1 atom stereocenters. The van der Waals surface area contributed by atoms with Crippen molar-refractivity contribution >= 4 is 0 Å². The summed E-state index contributed by atoms with van der Waals surface area (Å²) in [5, 5.41) is 10.6. The van der Waals surface area contributed by atoms with Gasteiger partial charge in [0.15, 0.2) is 11.5 Å². The molecule has 0 aliphatic rings. The molecule has 0 fully saturated rings. The molecule has 5 heteroatoms. The molecule has 0 saturated heterocycles. The number of aliphatic hydroxyl groups excluding tert-OH is 1. The van der Waals surface area contributed by atoms with Crippen LogP contribution in [0.4, 0.5) is 0 Å². The maximum atomic E-state index is 10.6. The van der Waals surface area contributed by atoms with Gasteiger partial charge in [0, 0.05) is 13.0 Å². The van der Waals surface area contributed by atoms with E-state index in [0.29, 0.717) is 17.4 Å². The first-order valence-electron chi connectivity index (χ1n) is 6.91. The van der Waals surface area contributed by atoms with Crippen LogP contribution >= 0.6 is 0 Å². The van der Waals surface area contributed by atoms with Gasteiger partial charge in [-0.3, -0.25) is 0 Å². The summed E-state index contributed by atoms with van der Waals surface area (Å²) in [6.45, 7) is 4.16. The number of aliphatic hydroxyl groups is 1. The molecule has 0 bridgehead atoms. The zero-order chi connectivity index (χ0) is 15.6. The number of rotatable bonds is 5. The maximum absolute atomic E-state index is 10.6. The van der Waals surface area contributed by atoms with Gasteiger partial charge in [-0.15, -0.1) is 0 Å². The van der Waals surface area contributed by atoms with E-state index in [1.165, 1.54) is 0 Å². The number of nitrogens with zero attached hydrogens (tertiary/aromatic N) is 2. The van der Waals surface area contributed by atoms with Crippen molar-refractivity contribution < 1.29 is 14.6 Å². The molecule has 21 heavy (non-hydrogen) atoms. The number of aromatic nitrogens is 2. The fourth-order valence-corrected chi connectivity index (χ4v) is 2.42. The number of hydrogen-bond donors (Lipinski definition) is 1. The SMILES string of the molecule is COc1ccc(C(O)c2cnc(C(C)C)n2C)cc1OC. The minimum absolute atomic E-state index is 0.307. The Hall–Kier alpha value is -2.01. The first kappa shape index (κ1) is 15.4. The van der Waals surface area contributed by atoms with E-state index in [2.05, 4.69) is 18.8 Å². The fraction of sp³-hybridized carbons (Fsp3) is 0.438. The van der Waals surface area contributed by atoms with Crippen molar-refractivity contribution in [2.45, 2.75) is 25.9 Å². The lowest BCUT2D eigenvalue weighted by molar-refractivity contribution is 0.210. The van der Waals surface area contributed by atoms with Crippen molar-refractivity contribution in [3.8, 4) is 11.5 Å². The molecular formula is C16H22N2O3. The molecule has 0 saturated carbocycles. The van der Waals surface area contributed by atoms with Gasteiger partial charge in [-0.1, -0.05) is 19.9 Å². The zero-order valence-corrected chi connectivity index (χ0v) is 13.1. The molecule has 2 rings (SSSR count). The largest absolute Gasteiger partial charge is 0.493 e. The Balaban J connectivity index is 2.38. The molecule has 0 aliphatic carbocycles. The first-order valence-corrected chi connectivity index (χ1v) is 6.91. The lowest BCUT2D eigenvalue weighted by atomic mass is 10.1. The summed E-state index contributed by atoms with van der Waals surface area (Å²) in [6.07, 6.45) is 0.964. The Labute approximate surface area is 125 Å². The van der Waals surface area contributed by atoms with Crippen molar-refractivity contribution in [2.24, 2.45) is 7.05 Å². The maximum Gasteiger partial charge on any atom is 0.161 e. The quantitative estimate of drug-likeness (QED) is 0.919. The summed E-state index contributed by atoms with van der Waals surface area (Å²) in [7, 11) is 5.08. The minimum Gasteiger partial charge on any atom is -0.493 e. The van der Waals surface area contributed by atoms with Crippen LogP contribution in [0.3, 0.4) is 0 Å². The third-order valence-corrected chi connectivity index (χ3v) is 3.58. The third kappa shape index (κ3) is 2.88. The van der Waals surface area contributed by atoms with Gasteiger partial charge in [-0.25, -0.2) is 4.98 Å². The van der Waals surface area contributed by atoms with Crippen LogP contribution in [0.2, 0.25) is 0 Å². The van der Waals surface area contributed by atoms with Crippen LogP contribution in [0.5, 0.6) is 11.5 Å². The standard InChI is InChI=1S/C16H22N2O3/c1-10(2)16-17-9-12(18(16)3)15(19)11-6-7-13(20-4)14(8-11)21-5/h6-10,15,19H,1-5H3. The molecular weight excluding hydrogens is 268 g/mol. The van der Waals surface area contributed by atoms with Gasteiger partial charge in [0.2, 0.25) is 0 Å². The average Bonchev–Trinajstić information content (AvgIpc) is 2.87. The smallest absolute Gasteiger partial charge is 0.161 e. The fourth-order valence-electron chi connectivity index (χ4n) is 2.42. The monoisotopic (exact) mass is 290 g/mol. The topological polar surface area (TPSA) is 56.5 Å². The van der Waals surface area contributed by atoms with Crippen LogP contribution in [0.1, 0.15) is 43.0 Å². The Morgan fingerprint density at radius 1 is 1.14 bits per heavy atom. The van der Waals surface area contributed by atoms with E-state index < -0.39 is 6.10 Å². The van der Waals surface area contributed by atoms with Gasteiger partial charge in [0.25, 0.3) is 0 Å². The number of ether oxygens (including phenoxy) is 2. The summed E-state index contributed by atoms with van der Waals surface area (Å²) in [4.78, 5) is 4.39. The van der Waals surface area contributed by atoms with Gasteiger partial charge >= 0.3 is 0 Å². The molecule has 0 aliphatic heterocycles. The molecule has 1 aromatic heterocycles. The highest BCUT2D eigenvalue weighted by molar-refractivity contribution is 5.44. The third-order valence-electron chi connectivity index (χ3n) is 3.58. The predicted molar refractivity (Wildman–Crippen MR) is 80.9 cm³/mol. The minimum atomic E-state index is -0.755. The molecule has 1 heterocycles. The Bertz CT molecular complexity index is 620. The molecule has 0 radical (unpaired) electrons. The van der Waals surface area contributed by atoms with Crippen molar-refractivity contribution in [3.63, 3.8) is 0 Å². The molecule has 1 aromatic carbocycles. The van der Waals surface area contributed by atoms with Gasteiger partial charge in [0.05, 0.1) is 26.1 Å². The molecule has 1 unspecified atom stereocenters. The summed E-state index contributed by atoms with van der Waals surface area (Å²) < 4.78 is 12.4.